The Morgan fingerprint density at radius 3 is 1.78 bits per heavy atom. The summed E-state index contributed by atoms with van der Waals surface area (Å²) in [5.41, 5.74) is 8.34. The lowest BCUT2D eigenvalue weighted by molar-refractivity contribution is 1.30. The van der Waals surface area contributed by atoms with Crippen molar-refractivity contribution < 1.29 is 0 Å². The van der Waals surface area contributed by atoms with Crippen LogP contribution in [-0.2, 0) is 0 Å². The highest BCUT2D eigenvalue weighted by atomic mass is 32.1. The first-order valence-electron chi connectivity index (χ1n) is 17.1. The van der Waals surface area contributed by atoms with Gasteiger partial charge >= 0.3 is 0 Å². The molecule has 0 spiro atoms. The number of anilines is 3. The Morgan fingerprint density at radius 1 is 0.340 bits per heavy atom. The number of hydrogen-bond acceptors (Lipinski definition) is 2. The van der Waals surface area contributed by atoms with Crippen molar-refractivity contribution in [3.63, 3.8) is 0 Å². The minimum atomic E-state index is 1.12. The predicted octanol–water partition coefficient (Wildman–Crippen LogP) is 14.3. The van der Waals surface area contributed by atoms with Crippen LogP contribution in [0.1, 0.15) is 0 Å². The molecule has 1 aromatic heterocycles. The van der Waals surface area contributed by atoms with Gasteiger partial charge in [-0.1, -0.05) is 152 Å². The molecule has 50 heavy (non-hydrogen) atoms. The average molecular weight is 654 g/mol. The van der Waals surface area contributed by atoms with Gasteiger partial charge in [0.1, 0.15) is 0 Å². The van der Waals surface area contributed by atoms with E-state index in [9.17, 15) is 0 Å². The van der Waals surface area contributed by atoms with Crippen molar-refractivity contribution in [2.24, 2.45) is 0 Å². The highest BCUT2D eigenvalue weighted by molar-refractivity contribution is 7.26. The maximum Gasteiger partial charge on any atom is 0.0640 e. The molecule has 1 nitrogen and oxygen atoms in total. The van der Waals surface area contributed by atoms with Gasteiger partial charge in [-0.25, -0.2) is 0 Å². The zero-order valence-corrected chi connectivity index (χ0v) is 28.1. The van der Waals surface area contributed by atoms with Crippen LogP contribution >= 0.6 is 11.3 Å². The number of para-hydroxylation sites is 1. The molecule has 0 N–H and O–H groups in total. The molecule has 1 heterocycles. The Balaban J connectivity index is 1.23. The molecule has 10 rings (SSSR count). The summed E-state index contributed by atoms with van der Waals surface area (Å²) in [6.45, 7) is 0. The van der Waals surface area contributed by atoms with Crippen molar-refractivity contribution in [1.29, 1.82) is 0 Å². The fraction of sp³-hybridized carbons (Fsp3) is 0. The molecule has 0 bridgehead atoms. The monoisotopic (exact) mass is 653 g/mol. The summed E-state index contributed by atoms with van der Waals surface area (Å²) in [7, 11) is 0. The van der Waals surface area contributed by atoms with Crippen LogP contribution in [0.25, 0.3) is 74.7 Å². The molecule has 2 heteroatoms. The molecular weight excluding hydrogens is 623 g/mol. The van der Waals surface area contributed by atoms with E-state index in [1.54, 1.807) is 0 Å². The fourth-order valence-corrected chi connectivity index (χ4v) is 8.96. The van der Waals surface area contributed by atoms with Crippen molar-refractivity contribution >= 4 is 80.9 Å². The summed E-state index contributed by atoms with van der Waals surface area (Å²) in [5, 5.41) is 10.2. The summed E-state index contributed by atoms with van der Waals surface area (Å²) in [4.78, 5) is 2.48. The Hall–Kier alpha value is -6.22. The van der Waals surface area contributed by atoms with Crippen molar-refractivity contribution in [3.05, 3.63) is 188 Å². The maximum atomic E-state index is 2.48. The van der Waals surface area contributed by atoms with E-state index in [1.807, 2.05) is 11.3 Å². The number of nitrogens with zero attached hydrogens (tertiary/aromatic N) is 1. The molecule has 0 amide bonds. The van der Waals surface area contributed by atoms with E-state index in [0.717, 1.165) is 11.4 Å². The van der Waals surface area contributed by atoms with Gasteiger partial charge in [-0.2, -0.15) is 0 Å². The summed E-state index contributed by atoms with van der Waals surface area (Å²) >= 11 is 1.87. The SMILES string of the molecule is c1ccc(N(c2ccc(-c3cccc4ccccc34)cc2)c2cccc3c2sc2ccccc23)c(-c2cc3ccccc3c3ccccc23)c1. The quantitative estimate of drug-likeness (QED) is 0.167. The second-order valence-corrected chi connectivity index (χ2v) is 13.9. The zero-order chi connectivity index (χ0) is 33.0. The fourth-order valence-electron chi connectivity index (χ4n) is 7.76. The molecule has 0 radical (unpaired) electrons. The predicted molar refractivity (Wildman–Crippen MR) is 217 cm³/mol. The zero-order valence-electron chi connectivity index (χ0n) is 27.3. The van der Waals surface area contributed by atoms with Crippen LogP contribution in [0.3, 0.4) is 0 Å². The maximum absolute atomic E-state index is 2.48. The van der Waals surface area contributed by atoms with Crippen LogP contribution in [0, 0.1) is 0 Å². The topological polar surface area (TPSA) is 3.24 Å². The van der Waals surface area contributed by atoms with Gasteiger partial charge in [-0.05, 0) is 85.4 Å². The van der Waals surface area contributed by atoms with Gasteiger partial charge < -0.3 is 4.90 Å². The minimum Gasteiger partial charge on any atom is -0.308 e. The van der Waals surface area contributed by atoms with Crippen LogP contribution < -0.4 is 4.90 Å². The molecule has 0 aliphatic heterocycles. The van der Waals surface area contributed by atoms with E-state index in [2.05, 4.69) is 193 Å². The van der Waals surface area contributed by atoms with E-state index in [0.29, 0.717) is 0 Å². The first-order chi connectivity index (χ1) is 24.8. The van der Waals surface area contributed by atoms with E-state index in [1.165, 1.54) is 80.4 Å². The molecule has 0 saturated heterocycles. The Kier molecular flexibility index (Phi) is 6.75. The molecule has 9 aromatic carbocycles. The number of hydrogen-bond donors (Lipinski definition) is 0. The largest absolute Gasteiger partial charge is 0.308 e. The van der Waals surface area contributed by atoms with Gasteiger partial charge in [0.25, 0.3) is 0 Å². The van der Waals surface area contributed by atoms with E-state index >= 15 is 0 Å². The van der Waals surface area contributed by atoms with Crippen LogP contribution in [-0.4, -0.2) is 0 Å². The van der Waals surface area contributed by atoms with Gasteiger partial charge in [0.05, 0.1) is 16.1 Å². The number of rotatable bonds is 5. The summed E-state index contributed by atoms with van der Waals surface area (Å²) < 4.78 is 2.58. The molecular formula is C48H31NS. The molecule has 0 aliphatic carbocycles. The Morgan fingerprint density at radius 2 is 0.920 bits per heavy atom. The van der Waals surface area contributed by atoms with Crippen molar-refractivity contribution in [1.82, 2.24) is 0 Å². The Bertz CT molecular complexity index is 2870. The number of thiophene rings is 1. The standard InChI is InChI=1S/C48H31NS/c1-3-16-36-32(13-1)15-11-22-37(36)33-27-29-35(30-28-33)49(46-25-12-23-43-42-21-8-10-26-47(42)50-48(43)46)45-24-9-7-20-41(45)44-31-34-14-2-4-17-38(34)39-18-5-6-19-40(39)44/h1-31H. The second-order valence-electron chi connectivity index (χ2n) is 12.9. The van der Waals surface area contributed by atoms with E-state index in [4.69, 9.17) is 0 Å². The van der Waals surface area contributed by atoms with Gasteiger partial charge in [-0.3, -0.25) is 0 Å². The van der Waals surface area contributed by atoms with Crippen molar-refractivity contribution in [2.75, 3.05) is 4.90 Å². The molecule has 0 fully saturated rings. The first kappa shape index (κ1) is 28.8. The van der Waals surface area contributed by atoms with Gasteiger partial charge in [-0.15, -0.1) is 11.3 Å². The number of fused-ring (bicyclic) bond motifs is 7. The van der Waals surface area contributed by atoms with Crippen LogP contribution in [0.5, 0.6) is 0 Å². The van der Waals surface area contributed by atoms with Gasteiger partial charge in [0.15, 0.2) is 0 Å². The third-order valence-electron chi connectivity index (χ3n) is 10.1. The van der Waals surface area contributed by atoms with Crippen molar-refractivity contribution in [3.8, 4) is 22.3 Å². The lowest BCUT2D eigenvalue weighted by Crippen LogP contribution is -2.11. The van der Waals surface area contributed by atoms with E-state index < -0.39 is 0 Å². The third-order valence-corrected chi connectivity index (χ3v) is 11.3. The molecule has 10 aromatic rings. The molecule has 234 valence electrons. The summed E-state index contributed by atoms with van der Waals surface area (Å²) in [6.07, 6.45) is 0. The van der Waals surface area contributed by atoms with Gasteiger partial charge in [0, 0.05) is 26.7 Å². The number of benzene rings is 9. The lowest BCUT2D eigenvalue weighted by atomic mass is 9.92. The summed E-state index contributed by atoms with van der Waals surface area (Å²) in [6, 6.07) is 68.7. The first-order valence-corrected chi connectivity index (χ1v) is 17.9. The normalized spacial score (nSPS) is 11.6. The highest BCUT2D eigenvalue weighted by Gasteiger charge is 2.22. The van der Waals surface area contributed by atoms with Crippen molar-refractivity contribution in [2.45, 2.75) is 0 Å². The molecule has 0 aliphatic rings. The minimum absolute atomic E-state index is 1.12. The third kappa shape index (κ3) is 4.61. The highest BCUT2D eigenvalue weighted by Crippen LogP contribution is 2.48. The lowest BCUT2D eigenvalue weighted by Gasteiger charge is -2.29. The molecule has 0 unspecified atom stereocenters. The Labute approximate surface area is 294 Å². The van der Waals surface area contributed by atoms with Crippen LogP contribution in [0.2, 0.25) is 0 Å². The smallest absolute Gasteiger partial charge is 0.0640 e. The average Bonchev–Trinajstić information content (AvgIpc) is 3.58. The molecule has 0 atom stereocenters. The van der Waals surface area contributed by atoms with Crippen LogP contribution in [0.4, 0.5) is 17.1 Å². The summed E-state index contributed by atoms with van der Waals surface area (Å²) in [5.74, 6) is 0. The second kappa shape index (κ2) is 11.7. The van der Waals surface area contributed by atoms with Crippen LogP contribution in [0.15, 0.2) is 188 Å². The van der Waals surface area contributed by atoms with Gasteiger partial charge in [0.2, 0.25) is 0 Å². The van der Waals surface area contributed by atoms with E-state index in [-0.39, 0.29) is 0 Å². The molecule has 0 saturated carbocycles.